The van der Waals surface area contributed by atoms with Crippen molar-refractivity contribution in [3.63, 3.8) is 0 Å². The molecule has 0 aliphatic rings. The summed E-state index contributed by atoms with van der Waals surface area (Å²) in [6, 6.07) is 3.13. The molecule has 0 fully saturated rings. The zero-order chi connectivity index (χ0) is 15.1. The van der Waals surface area contributed by atoms with E-state index < -0.39 is 11.9 Å². The Balaban J connectivity index is 3.21. The highest BCUT2D eigenvalue weighted by Gasteiger charge is 2.23. The van der Waals surface area contributed by atoms with E-state index in [0.29, 0.717) is 12.0 Å². The summed E-state index contributed by atoms with van der Waals surface area (Å²) in [5.74, 6) is -1.72. The number of methoxy groups -OCH3 is 2. The zero-order valence-corrected chi connectivity index (χ0v) is 12.1. The second-order valence-corrected chi connectivity index (χ2v) is 4.44. The summed E-state index contributed by atoms with van der Waals surface area (Å²) >= 11 is 0. The van der Waals surface area contributed by atoms with Gasteiger partial charge in [-0.1, -0.05) is 25.8 Å². The third kappa shape index (κ3) is 3.50. The normalized spacial score (nSPS) is 10.2. The maximum absolute atomic E-state index is 11.8. The van der Waals surface area contributed by atoms with Gasteiger partial charge in [-0.05, 0) is 24.5 Å². The number of esters is 2. The fraction of sp³-hybridized carbons (Fsp3) is 0.467. The lowest BCUT2D eigenvalue weighted by Gasteiger charge is -2.12. The largest absolute Gasteiger partial charge is 0.506 e. The van der Waals surface area contributed by atoms with Crippen molar-refractivity contribution in [2.75, 3.05) is 14.2 Å². The van der Waals surface area contributed by atoms with Gasteiger partial charge in [-0.15, -0.1) is 0 Å². The van der Waals surface area contributed by atoms with Crippen LogP contribution in [0.2, 0.25) is 0 Å². The Hall–Kier alpha value is -2.04. The number of aromatic hydroxyl groups is 1. The van der Waals surface area contributed by atoms with Gasteiger partial charge >= 0.3 is 11.9 Å². The van der Waals surface area contributed by atoms with Crippen LogP contribution in [-0.4, -0.2) is 31.3 Å². The van der Waals surface area contributed by atoms with Crippen LogP contribution in [-0.2, 0) is 15.9 Å². The fourth-order valence-electron chi connectivity index (χ4n) is 2.01. The van der Waals surface area contributed by atoms with Gasteiger partial charge in [0.25, 0.3) is 0 Å². The van der Waals surface area contributed by atoms with Crippen molar-refractivity contribution in [1.82, 2.24) is 0 Å². The lowest BCUT2D eigenvalue weighted by molar-refractivity contribution is 0.0592. The molecule has 1 aromatic carbocycles. The molecule has 5 nitrogen and oxygen atoms in total. The number of hydrogen-bond donors (Lipinski definition) is 1. The van der Waals surface area contributed by atoms with Crippen molar-refractivity contribution in [3.05, 3.63) is 28.8 Å². The van der Waals surface area contributed by atoms with Gasteiger partial charge in [0.2, 0.25) is 0 Å². The number of aryl methyl sites for hydroxylation is 1. The zero-order valence-electron chi connectivity index (χ0n) is 12.1. The minimum atomic E-state index is -0.687. The van der Waals surface area contributed by atoms with E-state index >= 15 is 0 Å². The SMILES string of the molecule is CCCCCc1ccc(C(=O)OC)c(O)c1C(=O)OC. The minimum absolute atomic E-state index is 0.0351. The predicted molar refractivity (Wildman–Crippen MR) is 74.0 cm³/mol. The number of ether oxygens (including phenoxy) is 2. The van der Waals surface area contributed by atoms with Gasteiger partial charge in [0.15, 0.2) is 0 Å². The third-order valence-electron chi connectivity index (χ3n) is 3.11. The molecule has 0 aromatic heterocycles. The molecule has 0 aliphatic carbocycles. The first-order valence-electron chi connectivity index (χ1n) is 6.58. The van der Waals surface area contributed by atoms with E-state index in [-0.39, 0.29) is 16.9 Å². The number of phenolic OH excluding ortho intramolecular Hbond substituents is 1. The van der Waals surface area contributed by atoms with Gasteiger partial charge in [-0.3, -0.25) is 0 Å². The molecule has 1 rings (SSSR count). The predicted octanol–water partition coefficient (Wildman–Crippen LogP) is 2.70. The van der Waals surface area contributed by atoms with E-state index in [1.54, 1.807) is 6.07 Å². The van der Waals surface area contributed by atoms with Crippen LogP contribution in [0, 0.1) is 0 Å². The molecule has 110 valence electrons. The highest BCUT2D eigenvalue weighted by molar-refractivity contribution is 6.01. The molecule has 0 aliphatic heterocycles. The maximum Gasteiger partial charge on any atom is 0.341 e. The van der Waals surface area contributed by atoms with Crippen molar-refractivity contribution in [3.8, 4) is 5.75 Å². The molecule has 1 aromatic rings. The Morgan fingerprint density at radius 3 is 2.30 bits per heavy atom. The maximum atomic E-state index is 11.8. The summed E-state index contributed by atoms with van der Waals surface area (Å²) in [5, 5.41) is 10.1. The molecule has 0 radical (unpaired) electrons. The quantitative estimate of drug-likeness (QED) is 0.640. The molecule has 0 unspecified atom stereocenters. The van der Waals surface area contributed by atoms with Crippen LogP contribution in [0.4, 0.5) is 0 Å². The second-order valence-electron chi connectivity index (χ2n) is 4.44. The van der Waals surface area contributed by atoms with Crippen molar-refractivity contribution in [2.24, 2.45) is 0 Å². The summed E-state index contributed by atoms with van der Waals surface area (Å²) in [7, 11) is 2.46. The van der Waals surface area contributed by atoms with E-state index in [9.17, 15) is 14.7 Å². The summed E-state index contributed by atoms with van der Waals surface area (Å²) < 4.78 is 9.25. The van der Waals surface area contributed by atoms with Gasteiger partial charge in [0.1, 0.15) is 16.9 Å². The first kappa shape index (κ1) is 16.0. The molecule has 0 atom stereocenters. The number of unbranched alkanes of at least 4 members (excludes halogenated alkanes) is 2. The van der Waals surface area contributed by atoms with Gasteiger partial charge in [0, 0.05) is 0 Å². The molecule has 0 amide bonds. The molecule has 0 saturated heterocycles. The summed E-state index contributed by atoms with van der Waals surface area (Å²) in [6.07, 6.45) is 3.63. The van der Waals surface area contributed by atoms with Crippen molar-refractivity contribution >= 4 is 11.9 Å². The van der Waals surface area contributed by atoms with Crippen LogP contribution < -0.4 is 0 Å². The lowest BCUT2D eigenvalue weighted by Crippen LogP contribution is -2.10. The Morgan fingerprint density at radius 2 is 1.75 bits per heavy atom. The minimum Gasteiger partial charge on any atom is -0.506 e. The van der Waals surface area contributed by atoms with Gasteiger partial charge in [-0.2, -0.15) is 0 Å². The van der Waals surface area contributed by atoms with Crippen molar-refractivity contribution in [2.45, 2.75) is 32.6 Å². The van der Waals surface area contributed by atoms with E-state index in [0.717, 1.165) is 19.3 Å². The van der Waals surface area contributed by atoms with E-state index in [4.69, 9.17) is 0 Å². The van der Waals surface area contributed by atoms with Crippen LogP contribution in [0.5, 0.6) is 5.75 Å². The number of carbonyl (C=O) groups excluding carboxylic acids is 2. The molecule has 20 heavy (non-hydrogen) atoms. The van der Waals surface area contributed by atoms with Gasteiger partial charge in [-0.25, -0.2) is 9.59 Å². The fourth-order valence-corrected chi connectivity index (χ4v) is 2.01. The molecule has 5 heteroatoms. The second kappa shape index (κ2) is 7.53. The molecular formula is C15H20O5. The first-order chi connectivity index (χ1) is 9.56. The highest BCUT2D eigenvalue weighted by Crippen LogP contribution is 2.28. The lowest BCUT2D eigenvalue weighted by atomic mass is 9.97. The molecule has 1 N–H and O–H groups in total. The average Bonchev–Trinajstić information content (AvgIpc) is 2.46. The Kier molecular flexibility index (Phi) is 6.03. The number of phenols is 1. The molecule has 0 bridgehead atoms. The highest BCUT2D eigenvalue weighted by atomic mass is 16.5. The molecule has 0 heterocycles. The Labute approximate surface area is 118 Å². The summed E-state index contributed by atoms with van der Waals surface area (Å²) in [5.41, 5.74) is 0.689. The Bertz CT molecular complexity index is 493. The third-order valence-corrected chi connectivity index (χ3v) is 3.11. The molecule has 0 spiro atoms. The standard InChI is InChI=1S/C15H20O5/c1-4-5-6-7-10-8-9-11(14(17)19-2)13(16)12(10)15(18)20-3/h8-9,16H,4-7H2,1-3H3. The number of carbonyl (C=O) groups is 2. The number of hydrogen-bond acceptors (Lipinski definition) is 5. The van der Waals surface area contributed by atoms with E-state index in [2.05, 4.69) is 16.4 Å². The van der Waals surface area contributed by atoms with Crippen LogP contribution in [0.1, 0.15) is 52.5 Å². The van der Waals surface area contributed by atoms with Crippen LogP contribution in [0.15, 0.2) is 12.1 Å². The van der Waals surface area contributed by atoms with Crippen molar-refractivity contribution < 1.29 is 24.2 Å². The molecular weight excluding hydrogens is 260 g/mol. The Morgan fingerprint density at radius 1 is 1.10 bits per heavy atom. The monoisotopic (exact) mass is 280 g/mol. The van der Waals surface area contributed by atoms with Gasteiger partial charge < -0.3 is 14.6 Å². The summed E-state index contributed by atoms with van der Waals surface area (Å²) in [6.45, 7) is 2.08. The average molecular weight is 280 g/mol. The van der Waals surface area contributed by atoms with Crippen LogP contribution in [0.3, 0.4) is 0 Å². The smallest absolute Gasteiger partial charge is 0.341 e. The number of rotatable bonds is 6. The van der Waals surface area contributed by atoms with E-state index in [1.165, 1.54) is 20.3 Å². The molecule has 0 saturated carbocycles. The summed E-state index contributed by atoms with van der Waals surface area (Å²) in [4.78, 5) is 23.4. The topological polar surface area (TPSA) is 72.8 Å². The van der Waals surface area contributed by atoms with Crippen LogP contribution >= 0.6 is 0 Å². The number of benzene rings is 1. The van der Waals surface area contributed by atoms with Crippen LogP contribution in [0.25, 0.3) is 0 Å². The van der Waals surface area contributed by atoms with E-state index in [1.807, 2.05) is 0 Å². The van der Waals surface area contributed by atoms with Gasteiger partial charge in [0.05, 0.1) is 14.2 Å². The first-order valence-corrected chi connectivity index (χ1v) is 6.58. The van der Waals surface area contributed by atoms with Crippen molar-refractivity contribution in [1.29, 1.82) is 0 Å².